The van der Waals surface area contributed by atoms with Crippen LogP contribution in [0.3, 0.4) is 0 Å². The molecular weight excluding hydrogens is 293 g/mol. The van der Waals surface area contributed by atoms with E-state index in [1.807, 2.05) is 6.07 Å². The molecule has 2 N–H and O–H groups in total. The van der Waals surface area contributed by atoms with E-state index in [1.165, 1.54) is 23.9 Å². The van der Waals surface area contributed by atoms with E-state index in [9.17, 15) is 4.39 Å². The molecule has 21 heavy (non-hydrogen) atoms. The Labute approximate surface area is 127 Å². The first-order valence-electron chi connectivity index (χ1n) is 6.64. The van der Waals surface area contributed by atoms with Gasteiger partial charge in [-0.25, -0.2) is 4.39 Å². The van der Waals surface area contributed by atoms with Crippen LogP contribution in [-0.4, -0.2) is 23.9 Å². The fourth-order valence-electron chi connectivity index (χ4n) is 1.75. The molecule has 0 bridgehead atoms. The van der Waals surface area contributed by atoms with Crippen molar-refractivity contribution >= 4 is 11.8 Å². The Hall–Kier alpha value is -1.44. The lowest BCUT2D eigenvalue weighted by atomic mass is 10.2. The van der Waals surface area contributed by atoms with Crippen molar-refractivity contribution in [3.63, 3.8) is 0 Å². The predicted octanol–water partition coefficient (Wildman–Crippen LogP) is 2.93. The second-order valence-electron chi connectivity index (χ2n) is 4.54. The number of nitrogens with zero attached hydrogens (tertiary/aromatic N) is 2. The monoisotopic (exact) mass is 311 g/mol. The summed E-state index contributed by atoms with van der Waals surface area (Å²) in [6, 6.07) is 6.12. The van der Waals surface area contributed by atoms with Crippen LogP contribution >= 0.6 is 11.8 Å². The van der Waals surface area contributed by atoms with Crippen LogP contribution in [0, 0.1) is 5.82 Å². The van der Waals surface area contributed by atoms with E-state index in [-0.39, 0.29) is 11.9 Å². The molecule has 0 radical (unpaired) electrons. The fraction of sp³-hybridized carbons (Fsp3) is 0.429. The Morgan fingerprint density at radius 1 is 1.48 bits per heavy atom. The van der Waals surface area contributed by atoms with E-state index in [0.717, 1.165) is 17.7 Å². The molecule has 7 heteroatoms. The third kappa shape index (κ3) is 5.11. The topological polar surface area (TPSA) is 74.2 Å². The number of methoxy groups -OCH3 is 1. The van der Waals surface area contributed by atoms with Crippen LogP contribution in [0.5, 0.6) is 0 Å². The van der Waals surface area contributed by atoms with Gasteiger partial charge in [0.05, 0.1) is 11.8 Å². The molecule has 1 atom stereocenters. The molecule has 5 nitrogen and oxygen atoms in total. The maximum Gasteiger partial charge on any atom is 0.243 e. The van der Waals surface area contributed by atoms with Gasteiger partial charge in [-0.2, -0.15) is 4.98 Å². The molecule has 114 valence electrons. The molecule has 0 aliphatic rings. The highest BCUT2D eigenvalue weighted by Crippen LogP contribution is 2.23. The summed E-state index contributed by atoms with van der Waals surface area (Å²) in [5.74, 6) is 1.24. The number of hydrogen-bond donors (Lipinski definition) is 1. The molecule has 1 aromatic carbocycles. The Kier molecular flexibility index (Phi) is 6.16. The van der Waals surface area contributed by atoms with E-state index < -0.39 is 0 Å². The van der Waals surface area contributed by atoms with Gasteiger partial charge in [-0.3, -0.25) is 0 Å². The van der Waals surface area contributed by atoms with Crippen LogP contribution in [0.1, 0.15) is 30.6 Å². The zero-order chi connectivity index (χ0) is 15.1. The molecule has 0 spiro atoms. The molecule has 1 heterocycles. The van der Waals surface area contributed by atoms with Crippen LogP contribution in [-0.2, 0) is 10.5 Å². The zero-order valence-corrected chi connectivity index (χ0v) is 12.6. The minimum absolute atomic E-state index is 0.256. The average Bonchev–Trinajstić information content (AvgIpc) is 2.94. The first-order valence-corrected chi connectivity index (χ1v) is 7.63. The van der Waals surface area contributed by atoms with Crippen molar-refractivity contribution < 1.29 is 13.7 Å². The highest BCUT2D eigenvalue weighted by molar-refractivity contribution is 7.98. The second kappa shape index (κ2) is 8.11. The standard InChI is InChI=1S/C14H18FN3O2S/c1-19-7-3-6-12(16)14-17-13(18-20-14)9-21-11-5-2-4-10(15)8-11/h2,4-5,8,12H,3,6-7,9,16H2,1H3. The van der Waals surface area contributed by atoms with Crippen LogP contribution in [0.25, 0.3) is 0 Å². The summed E-state index contributed by atoms with van der Waals surface area (Å²) >= 11 is 1.45. The van der Waals surface area contributed by atoms with E-state index in [1.54, 1.807) is 13.2 Å². The minimum atomic E-state index is -0.277. The quantitative estimate of drug-likeness (QED) is 0.597. The molecule has 1 aromatic heterocycles. The summed E-state index contributed by atoms with van der Waals surface area (Å²) in [6.07, 6.45) is 1.57. The Morgan fingerprint density at radius 2 is 2.33 bits per heavy atom. The Balaban J connectivity index is 1.85. The molecule has 0 aliphatic carbocycles. The summed E-state index contributed by atoms with van der Waals surface area (Å²) in [6.45, 7) is 0.657. The van der Waals surface area contributed by atoms with E-state index in [4.69, 9.17) is 15.0 Å². The lowest BCUT2D eigenvalue weighted by molar-refractivity contribution is 0.188. The number of ether oxygens (including phenoxy) is 1. The molecule has 2 rings (SSSR count). The molecular formula is C14H18FN3O2S. The number of thioether (sulfide) groups is 1. The Bertz CT molecular complexity index is 565. The van der Waals surface area contributed by atoms with E-state index in [2.05, 4.69) is 10.1 Å². The summed E-state index contributed by atoms with van der Waals surface area (Å²) in [5, 5.41) is 3.89. The van der Waals surface area contributed by atoms with Gasteiger partial charge in [0.2, 0.25) is 5.89 Å². The number of rotatable bonds is 8. The van der Waals surface area contributed by atoms with Crippen molar-refractivity contribution in [3.05, 3.63) is 41.8 Å². The van der Waals surface area contributed by atoms with E-state index in [0.29, 0.717) is 24.1 Å². The van der Waals surface area contributed by atoms with Gasteiger partial charge in [-0.15, -0.1) is 11.8 Å². The van der Waals surface area contributed by atoms with Gasteiger partial charge in [0.1, 0.15) is 5.82 Å². The molecule has 0 fully saturated rings. The van der Waals surface area contributed by atoms with Crippen LogP contribution < -0.4 is 5.73 Å². The summed E-state index contributed by atoms with van der Waals surface area (Å²) < 4.78 is 23.2. The molecule has 2 aromatic rings. The molecule has 0 saturated carbocycles. The maximum atomic E-state index is 13.1. The number of halogens is 1. The largest absolute Gasteiger partial charge is 0.385 e. The van der Waals surface area contributed by atoms with Crippen LogP contribution in [0.15, 0.2) is 33.7 Å². The number of aromatic nitrogens is 2. The van der Waals surface area contributed by atoms with Gasteiger partial charge in [0.25, 0.3) is 0 Å². The van der Waals surface area contributed by atoms with Crippen LogP contribution in [0.2, 0.25) is 0 Å². The van der Waals surface area contributed by atoms with Crippen molar-refractivity contribution in [2.24, 2.45) is 5.73 Å². The Morgan fingerprint density at radius 3 is 3.10 bits per heavy atom. The van der Waals surface area contributed by atoms with E-state index >= 15 is 0 Å². The smallest absolute Gasteiger partial charge is 0.243 e. The first kappa shape index (κ1) is 15.9. The number of nitrogens with two attached hydrogens (primary N) is 1. The highest BCUT2D eigenvalue weighted by atomic mass is 32.2. The number of benzene rings is 1. The lowest BCUT2D eigenvalue weighted by Gasteiger charge is -2.04. The third-order valence-corrected chi connectivity index (χ3v) is 3.82. The van der Waals surface area contributed by atoms with Gasteiger partial charge in [0, 0.05) is 18.6 Å². The predicted molar refractivity (Wildman–Crippen MR) is 78.3 cm³/mol. The number of hydrogen-bond acceptors (Lipinski definition) is 6. The van der Waals surface area contributed by atoms with Gasteiger partial charge >= 0.3 is 0 Å². The highest BCUT2D eigenvalue weighted by Gasteiger charge is 2.14. The second-order valence-corrected chi connectivity index (χ2v) is 5.59. The molecule has 0 amide bonds. The van der Waals surface area contributed by atoms with Gasteiger partial charge in [0.15, 0.2) is 5.82 Å². The van der Waals surface area contributed by atoms with Gasteiger partial charge in [-0.05, 0) is 31.0 Å². The van der Waals surface area contributed by atoms with Crippen molar-refractivity contribution in [2.75, 3.05) is 13.7 Å². The normalized spacial score (nSPS) is 12.5. The third-order valence-electron chi connectivity index (χ3n) is 2.83. The van der Waals surface area contributed by atoms with Crippen molar-refractivity contribution in [2.45, 2.75) is 29.5 Å². The molecule has 0 saturated heterocycles. The van der Waals surface area contributed by atoms with Crippen LogP contribution in [0.4, 0.5) is 4.39 Å². The lowest BCUT2D eigenvalue weighted by Crippen LogP contribution is -2.11. The van der Waals surface area contributed by atoms with Crippen molar-refractivity contribution in [1.29, 1.82) is 0 Å². The SMILES string of the molecule is COCCCC(N)c1nc(CSc2cccc(F)c2)no1. The maximum absolute atomic E-state index is 13.1. The van der Waals surface area contributed by atoms with Gasteiger partial charge in [-0.1, -0.05) is 11.2 Å². The summed E-state index contributed by atoms with van der Waals surface area (Å²) in [4.78, 5) is 5.09. The van der Waals surface area contributed by atoms with Gasteiger partial charge < -0.3 is 15.0 Å². The summed E-state index contributed by atoms with van der Waals surface area (Å²) in [7, 11) is 1.65. The average molecular weight is 311 g/mol. The molecule has 0 aliphatic heterocycles. The summed E-state index contributed by atoms with van der Waals surface area (Å²) in [5.41, 5.74) is 5.97. The fourth-order valence-corrected chi connectivity index (χ4v) is 2.54. The molecule has 1 unspecified atom stereocenters. The van der Waals surface area contributed by atoms with Crippen molar-refractivity contribution in [1.82, 2.24) is 10.1 Å². The minimum Gasteiger partial charge on any atom is -0.385 e. The van der Waals surface area contributed by atoms with Crippen molar-refractivity contribution in [3.8, 4) is 0 Å². The zero-order valence-electron chi connectivity index (χ0n) is 11.8. The first-order chi connectivity index (χ1) is 10.2.